The Balaban J connectivity index is 1.46. The number of amides is 1. The molecule has 132 valence electrons. The van der Waals surface area contributed by atoms with E-state index in [0.717, 1.165) is 50.4 Å². The van der Waals surface area contributed by atoms with Gasteiger partial charge in [-0.05, 0) is 44.9 Å². The van der Waals surface area contributed by atoms with Crippen LogP contribution in [0.1, 0.15) is 33.9 Å². The number of rotatable bonds is 3. The van der Waals surface area contributed by atoms with Crippen LogP contribution in [-0.4, -0.2) is 54.0 Å². The molecule has 25 heavy (non-hydrogen) atoms. The zero-order valence-corrected chi connectivity index (χ0v) is 15.3. The lowest BCUT2D eigenvalue weighted by molar-refractivity contribution is 0.102. The van der Waals surface area contributed by atoms with Crippen molar-refractivity contribution in [2.45, 2.75) is 25.7 Å². The Hall–Kier alpha value is -1.99. The third-order valence-electron chi connectivity index (χ3n) is 4.91. The zero-order chi connectivity index (χ0) is 17.2. The average molecular weight is 357 g/mol. The van der Waals surface area contributed by atoms with E-state index in [9.17, 15) is 4.79 Å². The maximum atomic E-state index is 12.6. The Morgan fingerprint density at radius 2 is 2.00 bits per heavy atom. The van der Waals surface area contributed by atoms with E-state index in [2.05, 4.69) is 32.1 Å². The van der Waals surface area contributed by atoms with E-state index < -0.39 is 0 Å². The highest BCUT2D eigenvalue weighted by Gasteiger charge is 2.19. The van der Waals surface area contributed by atoms with Crippen molar-refractivity contribution in [3.8, 4) is 0 Å². The van der Waals surface area contributed by atoms with Crippen molar-refractivity contribution < 1.29 is 4.79 Å². The number of carbonyl (C=O) groups is 1. The first-order valence-electron chi connectivity index (χ1n) is 8.88. The van der Waals surface area contributed by atoms with E-state index in [1.807, 2.05) is 12.1 Å². The lowest BCUT2D eigenvalue weighted by atomic mass is 10.0. The van der Waals surface area contributed by atoms with Crippen LogP contribution in [0.5, 0.6) is 0 Å². The minimum atomic E-state index is -0.179. The first-order valence-corrected chi connectivity index (χ1v) is 9.70. The fourth-order valence-corrected chi connectivity index (χ4v) is 4.42. The zero-order valence-electron chi connectivity index (χ0n) is 14.5. The molecular weight excluding hydrogens is 334 g/mol. The molecule has 0 atom stereocenters. The number of aromatic nitrogens is 2. The first kappa shape index (κ1) is 16.5. The van der Waals surface area contributed by atoms with Crippen LogP contribution in [0, 0.1) is 0 Å². The minimum Gasteiger partial charge on any atom is -0.369 e. The van der Waals surface area contributed by atoms with Crippen molar-refractivity contribution >= 4 is 28.1 Å². The van der Waals surface area contributed by atoms with Gasteiger partial charge in [0.15, 0.2) is 5.13 Å². The molecule has 2 aromatic rings. The summed E-state index contributed by atoms with van der Waals surface area (Å²) in [6.07, 6.45) is 6.24. The molecule has 1 amide bonds. The number of aryl methyl sites for hydroxylation is 2. The van der Waals surface area contributed by atoms with Crippen molar-refractivity contribution in [2.24, 2.45) is 0 Å². The number of hydrogen-bond acceptors (Lipinski definition) is 6. The summed E-state index contributed by atoms with van der Waals surface area (Å²) in [6.45, 7) is 4.02. The predicted molar refractivity (Wildman–Crippen MR) is 101 cm³/mol. The van der Waals surface area contributed by atoms with E-state index in [0.29, 0.717) is 10.8 Å². The van der Waals surface area contributed by atoms with Gasteiger partial charge in [-0.1, -0.05) is 0 Å². The molecule has 2 aliphatic rings. The van der Waals surface area contributed by atoms with Crippen LogP contribution < -0.4 is 10.2 Å². The summed E-state index contributed by atoms with van der Waals surface area (Å²) in [7, 11) is 2.14. The lowest BCUT2D eigenvalue weighted by Gasteiger charge is -2.34. The van der Waals surface area contributed by atoms with Crippen LogP contribution in [0.3, 0.4) is 0 Å². The van der Waals surface area contributed by atoms with Gasteiger partial charge in [-0.3, -0.25) is 15.1 Å². The second kappa shape index (κ2) is 7.09. The molecule has 0 spiro atoms. The van der Waals surface area contributed by atoms with Gasteiger partial charge in [-0.2, -0.15) is 0 Å². The summed E-state index contributed by atoms with van der Waals surface area (Å²) < 4.78 is 0. The van der Waals surface area contributed by atoms with Gasteiger partial charge in [-0.15, -0.1) is 11.3 Å². The topological polar surface area (TPSA) is 61.4 Å². The number of piperazine rings is 1. The third-order valence-corrected chi connectivity index (χ3v) is 5.98. The van der Waals surface area contributed by atoms with E-state index in [1.165, 1.54) is 17.7 Å². The van der Waals surface area contributed by atoms with Crippen molar-refractivity contribution in [1.82, 2.24) is 14.9 Å². The molecule has 1 N–H and O–H groups in total. The quantitative estimate of drug-likeness (QED) is 0.914. The molecule has 0 bridgehead atoms. The van der Waals surface area contributed by atoms with Crippen molar-refractivity contribution in [3.05, 3.63) is 34.6 Å². The number of likely N-dealkylation sites (N-methyl/N-ethyl adjacent to an activating group) is 1. The van der Waals surface area contributed by atoms with Gasteiger partial charge < -0.3 is 9.80 Å². The molecule has 4 rings (SSSR count). The second-order valence-corrected chi connectivity index (χ2v) is 7.82. The van der Waals surface area contributed by atoms with Gasteiger partial charge in [0.05, 0.1) is 5.69 Å². The number of anilines is 2. The lowest BCUT2D eigenvalue weighted by Crippen LogP contribution is -2.44. The Labute approximate surface area is 151 Å². The number of fused-ring (bicyclic) bond motifs is 1. The molecule has 0 aromatic carbocycles. The molecule has 1 aliphatic heterocycles. The fourth-order valence-electron chi connectivity index (χ4n) is 3.37. The van der Waals surface area contributed by atoms with Crippen LogP contribution in [0.15, 0.2) is 18.3 Å². The van der Waals surface area contributed by atoms with Gasteiger partial charge >= 0.3 is 0 Å². The Morgan fingerprint density at radius 3 is 2.80 bits per heavy atom. The van der Waals surface area contributed by atoms with Crippen LogP contribution in [0.4, 0.5) is 10.8 Å². The molecular formula is C18H23N5OS. The van der Waals surface area contributed by atoms with Gasteiger partial charge in [-0.25, -0.2) is 4.98 Å². The Morgan fingerprint density at radius 1 is 1.20 bits per heavy atom. The summed E-state index contributed by atoms with van der Waals surface area (Å²) in [4.78, 5) is 27.4. The highest BCUT2D eigenvalue weighted by Crippen LogP contribution is 2.29. The van der Waals surface area contributed by atoms with Crippen molar-refractivity contribution in [1.29, 1.82) is 0 Å². The highest BCUT2D eigenvalue weighted by atomic mass is 32.1. The Kier molecular flexibility index (Phi) is 4.67. The summed E-state index contributed by atoms with van der Waals surface area (Å²) >= 11 is 1.60. The number of thiazole rings is 1. The normalized spacial score (nSPS) is 18.0. The summed E-state index contributed by atoms with van der Waals surface area (Å²) in [5, 5.41) is 3.63. The van der Waals surface area contributed by atoms with E-state index >= 15 is 0 Å². The van der Waals surface area contributed by atoms with Crippen LogP contribution in [-0.2, 0) is 12.8 Å². The molecule has 0 unspecified atom stereocenters. The van der Waals surface area contributed by atoms with Crippen molar-refractivity contribution in [2.75, 3.05) is 43.4 Å². The minimum absolute atomic E-state index is 0.179. The number of pyridine rings is 1. The third kappa shape index (κ3) is 3.67. The summed E-state index contributed by atoms with van der Waals surface area (Å²) in [5.74, 6) is -0.179. The smallest absolute Gasteiger partial charge is 0.276 e. The van der Waals surface area contributed by atoms with Crippen LogP contribution in [0.25, 0.3) is 0 Å². The molecule has 1 fully saturated rings. The molecule has 0 saturated carbocycles. The van der Waals surface area contributed by atoms with Gasteiger partial charge in [0.25, 0.3) is 5.91 Å². The van der Waals surface area contributed by atoms with Crippen molar-refractivity contribution in [3.63, 3.8) is 0 Å². The fraction of sp³-hybridized carbons (Fsp3) is 0.500. The Bertz CT molecular complexity index is 743. The molecule has 1 saturated heterocycles. The standard InChI is InChI=1S/C18H23N5OS/c1-22-8-10-23(11-9-22)13-6-7-19-15(12-13)17(24)21-18-20-14-4-2-3-5-16(14)25-18/h6-7,12H,2-5,8-11H2,1H3,(H,20,21,24). The molecule has 2 aromatic heterocycles. The van der Waals surface area contributed by atoms with Crippen LogP contribution >= 0.6 is 11.3 Å². The monoisotopic (exact) mass is 357 g/mol. The van der Waals surface area contributed by atoms with E-state index in [4.69, 9.17) is 0 Å². The molecule has 0 radical (unpaired) electrons. The molecule has 6 nitrogen and oxygen atoms in total. The molecule has 1 aliphatic carbocycles. The maximum Gasteiger partial charge on any atom is 0.276 e. The van der Waals surface area contributed by atoms with Crippen LogP contribution in [0.2, 0.25) is 0 Å². The maximum absolute atomic E-state index is 12.6. The second-order valence-electron chi connectivity index (χ2n) is 6.74. The number of nitrogens with one attached hydrogen (secondary N) is 1. The molecule has 7 heteroatoms. The number of nitrogens with zero attached hydrogens (tertiary/aromatic N) is 4. The number of carbonyl (C=O) groups excluding carboxylic acids is 1. The van der Waals surface area contributed by atoms with Gasteiger partial charge in [0, 0.05) is 42.9 Å². The average Bonchev–Trinajstić information content (AvgIpc) is 3.04. The predicted octanol–water partition coefficient (Wildman–Crippen LogP) is 2.42. The molecule has 3 heterocycles. The summed E-state index contributed by atoms with van der Waals surface area (Å²) in [5.41, 5.74) is 2.67. The van der Waals surface area contributed by atoms with Gasteiger partial charge in [0.1, 0.15) is 5.69 Å². The van der Waals surface area contributed by atoms with E-state index in [1.54, 1.807) is 17.5 Å². The highest BCUT2D eigenvalue weighted by molar-refractivity contribution is 7.15. The first-order chi connectivity index (χ1) is 12.2. The van der Waals surface area contributed by atoms with E-state index in [-0.39, 0.29) is 5.91 Å². The SMILES string of the molecule is CN1CCN(c2ccnc(C(=O)Nc3nc4c(s3)CCCC4)c2)CC1. The van der Waals surface area contributed by atoms with Gasteiger partial charge in [0.2, 0.25) is 0 Å². The summed E-state index contributed by atoms with van der Waals surface area (Å²) in [6, 6.07) is 3.86. The largest absolute Gasteiger partial charge is 0.369 e. The number of hydrogen-bond donors (Lipinski definition) is 1.